The molecule has 2 nitrogen and oxygen atoms in total. The van der Waals surface area contributed by atoms with E-state index in [0.717, 1.165) is 15.8 Å². The maximum absolute atomic E-state index is 11.4. The molecule has 0 N–H and O–H groups in total. The van der Waals surface area contributed by atoms with Crippen LogP contribution in [-0.4, -0.2) is 20.1 Å². The fourth-order valence-corrected chi connectivity index (χ4v) is 3.27. The molecule has 0 aromatic heterocycles. The average molecular weight is 203 g/mol. The van der Waals surface area contributed by atoms with E-state index in [0.29, 0.717) is 5.75 Å². The Balaban J connectivity index is 2.82. The number of allylic oxidation sites excluding steroid dienone is 1. The molecule has 0 amide bonds. The molecule has 0 saturated carbocycles. The van der Waals surface area contributed by atoms with E-state index >= 15 is 0 Å². The summed E-state index contributed by atoms with van der Waals surface area (Å²) in [4.78, 5) is 4.32. The lowest BCUT2D eigenvalue weighted by molar-refractivity contribution is 0.692. The van der Waals surface area contributed by atoms with Gasteiger partial charge in [0.15, 0.2) is 4.38 Å². The van der Waals surface area contributed by atoms with Crippen LogP contribution < -0.4 is 0 Å². The maximum Gasteiger partial charge on any atom is 0.161 e. The van der Waals surface area contributed by atoms with Crippen LogP contribution in [0.3, 0.4) is 0 Å². The molecule has 0 spiro atoms. The van der Waals surface area contributed by atoms with Crippen molar-refractivity contribution in [3.63, 3.8) is 0 Å². The van der Waals surface area contributed by atoms with Crippen LogP contribution in [0.1, 0.15) is 20.8 Å². The van der Waals surface area contributed by atoms with Crippen LogP contribution in [0.15, 0.2) is 16.3 Å². The molecule has 1 aliphatic rings. The van der Waals surface area contributed by atoms with Gasteiger partial charge in [0, 0.05) is 0 Å². The highest BCUT2D eigenvalue weighted by molar-refractivity contribution is 8.33. The van der Waals surface area contributed by atoms with Gasteiger partial charge in [-0.2, -0.15) is 0 Å². The van der Waals surface area contributed by atoms with Crippen molar-refractivity contribution in [3.05, 3.63) is 11.3 Å². The lowest BCUT2D eigenvalue weighted by Crippen LogP contribution is -1.99. The first-order chi connectivity index (χ1) is 5.65. The van der Waals surface area contributed by atoms with Crippen molar-refractivity contribution in [2.24, 2.45) is 4.99 Å². The second-order valence-electron chi connectivity index (χ2n) is 2.75. The quantitative estimate of drug-likeness (QED) is 0.653. The summed E-state index contributed by atoms with van der Waals surface area (Å²) < 4.78 is 12.2. The summed E-state index contributed by atoms with van der Waals surface area (Å²) in [6.07, 6.45) is 0. The van der Waals surface area contributed by atoms with Gasteiger partial charge in [0.25, 0.3) is 0 Å². The van der Waals surface area contributed by atoms with Crippen LogP contribution >= 0.6 is 11.8 Å². The normalized spacial score (nSPS) is 22.8. The fraction of sp³-hybridized carbons (Fsp3) is 0.625. The highest BCUT2D eigenvalue weighted by Gasteiger charge is 2.19. The Bertz CT molecular complexity index is 264. The van der Waals surface area contributed by atoms with Crippen LogP contribution in [-0.2, 0) is 10.8 Å². The van der Waals surface area contributed by atoms with Gasteiger partial charge in [0.05, 0.1) is 22.2 Å². The van der Waals surface area contributed by atoms with Crippen molar-refractivity contribution < 1.29 is 4.21 Å². The first-order valence-corrected chi connectivity index (χ1v) is 6.21. The number of aliphatic imine (C=N–C) groups is 1. The van der Waals surface area contributed by atoms with Crippen molar-refractivity contribution in [3.8, 4) is 0 Å². The van der Waals surface area contributed by atoms with Gasteiger partial charge in [-0.25, -0.2) is 4.99 Å². The summed E-state index contributed by atoms with van der Waals surface area (Å²) in [5, 5.41) is 0. The number of hydrogen-bond donors (Lipinski definition) is 0. The highest BCUT2D eigenvalue weighted by atomic mass is 32.2. The number of hydrogen-bond acceptors (Lipinski definition) is 3. The SMILES string of the molecule is CCSC1=NC(=C(C)C)CS1=O. The van der Waals surface area contributed by atoms with Crippen LogP contribution in [0.2, 0.25) is 0 Å². The van der Waals surface area contributed by atoms with Gasteiger partial charge in [0.1, 0.15) is 0 Å². The average Bonchev–Trinajstić information content (AvgIpc) is 2.34. The lowest BCUT2D eigenvalue weighted by Gasteiger charge is -1.91. The molecule has 0 bridgehead atoms. The molecule has 0 fully saturated rings. The molecule has 1 rings (SSSR count). The van der Waals surface area contributed by atoms with E-state index < -0.39 is 10.8 Å². The third kappa shape index (κ3) is 2.20. The summed E-state index contributed by atoms with van der Waals surface area (Å²) in [5.41, 5.74) is 2.18. The van der Waals surface area contributed by atoms with Crippen LogP contribution in [0.5, 0.6) is 0 Å². The summed E-state index contributed by atoms with van der Waals surface area (Å²) in [7, 11) is -0.856. The van der Waals surface area contributed by atoms with Gasteiger partial charge in [-0.15, -0.1) is 0 Å². The van der Waals surface area contributed by atoms with Crippen LogP contribution in [0.25, 0.3) is 0 Å². The number of rotatable bonds is 1. The molecule has 4 heteroatoms. The predicted octanol–water partition coefficient (Wildman–Crippen LogP) is 2.15. The number of thioether (sulfide) groups is 1. The summed E-state index contributed by atoms with van der Waals surface area (Å²) in [5.74, 6) is 1.56. The minimum Gasteiger partial charge on any atom is -0.252 e. The Kier molecular flexibility index (Phi) is 3.53. The second-order valence-corrected chi connectivity index (χ2v) is 5.62. The zero-order chi connectivity index (χ0) is 9.14. The van der Waals surface area contributed by atoms with Gasteiger partial charge in [-0.3, -0.25) is 4.21 Å². The minimum atomic E-state index is -0.856. The summed E-state index contributed by atoms with van der Waals surface area (Å²) in [6, 6.07) is 0. The molecule has 1 aliphatic heterocycles. The molecule has 68 valence electrons. The molecule has 0 aromatic rings. The first kappa shape index (κ1) is 9.99. The molecular weight excluding hydrogens is 190 g/mol. The molecule has 12 heavy (non-hydrogen) atoms. The molecule has 0 aliphatic carbocycles. The molecule has 1 atom stereocenters. The van der Waals surface area contributed by atoms with Crippen molar-refractivity contribution in [2.75, 3.05) is 11.5 Å². The van der Waals surface area contributed by atoms with Gasteiger partial charge in [-0.05, 0) is 19.6 Å². The Morgan fingerprint density at radius 1 is 1.67 bits per heavy atom. The maximum atomic E-state index is 11.4. The Morgan fingerprint density at radius 3 is 2.75 bits per heavy atom. The molecule has 1 unspecified atom stereocenters. The molecule has 0 aromatic carbocycles. The van der Waals surface area contributed by atoms with E-state index in [2.05, 4.69) is 4.99 Å². The Morgan fingerprint density at radius 2 is 2.33 bits per heavy atom. The third-order valence-electron chi connectivity index (χ3n) is 1.53. The lowest BCUT2D eigenvalue weighted by atomic mass is 10.3. The standard InChI is InChI=1S/C8H13NOS2/c1-4-11-8-9-7(6(2)3)5-12(8)10/h4-5H2,1-3H3. The second kappa shape index (κ2) is 4.23. The van der Waals surface area contributed by atoms with Crippen molar-refractivity contribution >= 4 is 26.9 Å². The summed E-state index contributed by atoms with van der Waals surface area (Å²) >= 11 is 1.58. The first-order valence-electron chi connectivity index (χ1n) is 3.91. The van der Waals surface area contributed by atoms with Crippen molar-refractivity contribution in [2.45, 2.75) is 20.8 Å². The van der Waals surface area contributed by atoms with E-state index in [-0.39, 0.29) is 0 Å². The highest BCUT2D eigenvalue weighted by Crippen LogP contribution is 2.21. The smallest absolute Gasteiger partial charge is 0.161 e. The van der Waals surface area contributed by atoms with E-state index in [4.69, 9.17) is 0 Å². The molecule has 1 heterocycles. The van der Waals surface area contributed by atoms with Crippen LogP contribution in [0.4, 0.5) is 0 Å². The van der Waals surface area contributed by atoms with Gasteiger partial charge in [0.2, 0.25) is 0 Å². The molecule has 0 saturated heterocycles. The number of nitrogens with zero attached hydrogens (tertiary/aromatic N) is 1. The topological polar surface area (TPSA) is 29.4 Å². The van der Waals surface area contributed by atoms with E-state index in [1.807, 2.05) is 20.8 Å². The third-order valence-corrected chi connectivity index (χ3v) is 4.09. The Hall–Kier alpha value is -0.0900. The van der Waals surface area contributed by atoms with Gasteiger partial charge in [-0.1, -0.05) is 24.3 Å². The monoisotopic (exact) mass is 203 g/mol. The fourth-order valence-electron chi connectivity index (χ4n) is 0.857. The van der Waals surface area contributed by atoms with Crippen molar-refractivity contribution in [1.82, 2.24) is 0 Å². The van der Waals surface area contributed by atoms with Crippen LogP contribution in [0, 0.1) is 0 Å². The predicted molar refractivity (Wildman–Crippen MR) is 57.0 cm³/mol. The largest absolute Gasteiger partial charge is 0.252 e. The minimum absolute atomic E-state index is 0.616. The molecular formula is C8H13NOS2. The van der Waals surface area contributed by atoms with Gasteiger partial charge >= 0.3 is 0 Å². The van der Waals surface area contributed by atoms with Gasteiger partial charge < -0.3 is 0 Å². The van der Waals surface area contributed by atoms with E-state index in [1.165, 1.54) is 5.57 Å². The van der Waals surface area contributed by atoms with E-state index in [1.54, 1.807) is 11.8 Å². The summed E-state index contributed by atoms with van der Waals surface area (Å²) in [6.45, 7) is 6.07. The molecule has 0 radical (unpaired) electrons. The van der Waals surface area contributed by atoms with Crippen molar-refractivity contribution in [1.29, 1.82) is 0 Å². The zero-order valence-electron chi connectivity index (χ0n) is 7.59. The Labute approximate surface area is 80.0 Å². The van der Waals surface area contributed by atoms with E-state index in [9.17, 15) is 4.21 Å². The zero-order valence-corrected chi connectivity index (χ0v) is 9.22.